The lowest BCUT2D eigenvalue weighted by Crippen LogP contribution is -2.51. The van der Waals surface area contributed by atoms with Crippen LogP contribution in [0.25, 0.3) is 0 Å². The Balaban J connectivity index is 2.69. The van der Waals surface area contributed by atoms with Gasteiger partial charge >= 0.3 is 5.97 Å². The van der Waals surface area contributed by atoms with Gasteiger partial charge < -0.3 is 5.11 Å². The predicted octanol–water partition coefficient (Wildman–Crippen LogP) is 1.50. The molecule has 1 heterocycles. The molecule has 0 saturated carbocycles. The molecule has 1 aliphatic rings. The normalized spacial score (nSPS) is 19.8. The lowest BCUT2D eigenvalue weighted by atomic mass is 9.99. The summed E-state index contributed by atoms with van der Waals surface area (Å²) in [6.07, 6.45) is 3.09. The molecule has 1 N–H and O–H groups in total. The Bertz CT molecular complexity index is 243. The third-order valence-electron chi connectivity index (χ3n) is 2.75. The summed E-state index contributed by atoms with van der Waals surface area (Å²) < 4.78 is 0. The van der Waals surface area contributed by atoms with Crippen molar-refractivity contribution in [2.45, 2.75) is 32.7 Å². The lowest BCUT2D eigenvalue weighted by Gasteiger charge is -2.36. The number of nitrogens with zero attached hydrogens (tertiary/aromatic N) is 1. The van der Waals surface area contributed by atoms with E-state index in [2.05, 4.69) is 13.0 Å². The van der Waals surface area contributed by atoms with Gasteiger partial charge in [-0.3, -0.25) is 9.69 Å². The highest BCUT2D eigenvalue weighted by molar-refractivity contribution is 5.77. The van der Waals surface area contributed by atoms with Crippen molar-refractivity contribution in [1.29, 1.82) is 0 Å². The molecule has 74 valence electrons. The highest BCUT2D eigenvalue weighted by Crippen LogP contribution is 2.20. The summed E-state index contributed by atoms with van der Waals surface area (Å²) in [5.74, 6) is -0.750. The first kappa shape index (κ1) is 10.3. The zero-order chi connectivity index (χ0) is 10.1. The van der Waals surface area contributed by atoms with Crippen LogP contribution in [0.3, 0.4) is 0 Å². The van der Waals surface area contributed by atoms with Crippen LogP contribution in [0.5, 0.6) is 0 Å². The molecular weight excluding hydrogens is 166 g/mol. The highest BCUT2D eigenvalue weighted by Gasteiger charge is 2.34. The van der Waals surface area contributed by atoms with Crippen LogP contribution in [0.4, 0.5) is 0 Å². The number of aliphatic carboxylic acids is 1. The van der Waals surface area contributed by atoms with E-state index >= 15 is 0 Å². The van der Waals surface area contributed by atoms with Crippen LogP contribution >= 0.6 is 0 Å². The van der Waals surface area contributed by atoms with E-state index < -0.39 is 11.5 Å². The number of carbonyl (C=O) groups is 1. The lowest BCUT2D eigenvalue weighted by molar-refractivity contribution is -0.149. The number of hydrogen-bond acceptors (Lipinski definition) is 2. The van der Waals surface area contributed by atoms with E-state index in [0.717, 1.165) is 19.5 Å². The summed E-state index contributed by atoms with van der Waals surface area (Å²) in [5.41, 5.74) is 0.620. The molecule has 1 rings (SSSR count). The minimum atomic E-state index is -0.750. The molecule has 0 aromatic rings. The minimum Gasteiger partial charge on any atom is -0.480 e. The van der Waals surface area contributed by atoms with Crippen LogP contribution in [-0.2, 0) is 4.79 Å². The second-order valence-electron chi connectivity index (χ2n) is 4.11. The van der Waals surface area contributed by atoms with Crippen molar-refractivity contribution >= 4 is 5.97 Å². The van der Waals surface area contributed by atoms with E-state index in [9.17, 15) is 4.79 Å². The topological polar surface area (TPSA) is 40.5 Å². The molecule has 13 heavy (non-hydrogen) atoms. The Kier molecular flexibility index (Phi) is 2.76. The fourth-order valence-electron chi connectivity index (χ4n) is 1.41. The zero-order valence-corrected chi connectivity index (χ0v) is 8.50. The number of carboxylic acids is 1. The molecule has 0 saturated heterocycles. The van der Waals surface area contributed by atoms with Gasteiger partial charge in [0.1, 0.15) is 5.54 Å². The van der Waals surface area contributed by atoms with Gasteiger partial charge in [0.2, 0.25) is 0 Å². The Morgan fingerprint density at radius 2 is 2.23 bits per heavy atom. The SMILES string of the molecule is CC1=CCN(C(C)(C)C(=O)O)CC1. The first-order valence-electron chi connectivity index (χ1n) is 4.58. The van der Waals surface area contributed by atoms with E-state index in [1.165, 1.54) is 5.57 Å². The molecule has 0 aliphatic carbocycles. The third kappa shape index (κ3) is 2.10. The molecule has 0 radical (unpaired) electrons. The fraction of sp³-hybridized carbons (Fsp3) is 0.700. The van der Waals surface area contributed by atoms with Gasteiger partial charge in [-0.1, -0.05) is 11.6 Å². The van der Waals surface area contributed by atoms with Gasteiger partial charge in [0, 0.05) is 13.1 Å². The maximum Gasteiger partial charge on any atom is 0.323 e. The van der Waals surface area contributed by atoms with Crippen LogP contribution in [0, 0.1) is 0 Å². The first-order valence-corrected chi connectivity index (χ1v) is 4.58. The average molecular weight is 183 g/mol. The zero-order valence-electron chi connectivity index (χ0n) is 8.50. The summed E-state index contributed by atoms with van der Waals surface area (Å²) in [6, 6.07) is 0. The van der Waals surface area contributed by atoms with Gasteiger partial charge in [0.05, 0.1) is 0 Å². The molecule has 0 aromatic carbocycles. The quantitative estimate of drug-likeness (QED) is 0.659. The summed E-state index contributed by atoms with van der Waals surface area (Å²) in [4.78, 5) is 12.9. The molecule has 0 fully saturated rings. The summed E-state index contributed by atoms with van der Waals surface area (Å²) in [7, 11) is 0. The van der Waals surface area contributed by atoms with Crippen molar-refractivity contribution in [2.24, 2.45) is 0 Å². The average Bonchev–Trinajstić information content (AvgIpc) is 2.04. The smallest absolute Gasteiger partial charge is 0.323 e. The van der Waals surface area contributed by atoms with Crippen LogP contribution in [0.2, 0.25) is 0 Å². The summed E-state index contributed by atoms with van der Waals surface area (Å²) >= 11 is 0. The number of hydrogen-bond donors (Lipinski definition) is 1. The van der Waals surface area contributed by atoms with Crippen molar-refractivity contribution in [3.8, 4) is 0 Å². The van der Waals surface area contributed by atoms with Crippen molar-refractivity contribution in [2.75, 3.05) is 13.1 Å². The Morgan fingerprint density at radius 3 is 2.62 bits per heavy atom. The number of carboxylic acid groups (broad SMARTS) is 1. The van der Waals surface area contributed by atoms with Gasteiger partial charge in [-0.25, -0.2) is 0 Å². The van der Waals surface area contributed by atoms with Crippen LogP contribution in [0.15, 0.2) is 11.6 Å². The molecule has 0 atom stereocenters. The number of rotatable bonds is 2. The van der Waals surface area contributed by atoms with Crippen molar-refractivity contribution < 1.29 is 9.90 Å². The van der Waals surface area contributed by atoms with Crippen LogP contribution in [-0.4, -0.2) is 34.6 Å². The second-order valence-corrected chi connectivity index (χ2v) is 4.11. The second kappa shape index (κ2) is 3.50. The molecule has 0 unspecified atom stereocenters. The van der Waals surface area contributed by atoms with Gasteiger partial charge in [-0.2, -0.15) is 0 Å². The van der Waals surface area contributed by atoms with E-state index in [-0.39, 0.29) is 0 Å². The van der Waals surface area contributed by atoms with E-state index in [1.807, 2.05) is 4.90 Å². The molecule has 0 spiro atoms. The van der Waals surface area contributed by atoms with Crippen molar-refractivity contribution in [3.63, 3.8) is 0 Å². The monoisotopic (exact) mass is 183 g/mol. The maximum atomic E-state index is 10.9. The van der Waals surface area contributed by atoms with Crippen LogP contribution in [0.1, 0.15) is 27.2 Å². The summed E-state index contributed by atoms with van der Waals surface area (Å²) in [6.45, 7) is 7.20. The van der Waals surface area contributed by atoms with E-state index in [1.54, 1.807) is 13.8 Å². The molecule has 0 aromatic heterocycles. The van der Waals surface area contributed by atoms with Gasteiger partial charge in [-0.15, -0.1) is 0 Å². The molecule has 1 aliphatic heterocycles. The molecular formula is C10H17NO2. The van der Waals surface area contributed by atoms with Gasteiger partial charge in [0.25, 0.3) is 0 Å². The van der Waals surface area contributed by atoms with Crippen molar-refractivity contribution in [1.82, 2.24) is 4.90 Å². The van der Waals surface area contributed by atoms with Crippen molar-refractivity contribution in [3.05, 3.63) is 11.6 Å². The standard InChI is InChI=1S/C10H17NO2/c1-8-4-6-11(7-5-8)10(2,3)9(12)13/h4H,5-7H2,1-3H3,(H,12,13). The molecule has 3 nitrogen and oxygen atoms in total. The van der Waals surface area contributed by atoms with Gasteiger partial charge in [-0.05, 0) is 27.2 Å². The molecule has 0 amide bonds. The van der Waals surface area contributed by atoms with Gasteiger partial charge in [0.15, 0.2) is 0 Å². The molecule has 3 heteroatoms. The highest BCUT2D eigenvalue weighted by atomic mass is 16.4. The Hall–Kier alpha value is -0.830. The minimum absolute atomic E-state index is 0.739. The third-order valence-corrected chi connectivity index (χ3v) is 2.75. The Morgan fingerprint density at radius 1 is 1.62 bits per heavy atom. The maximum absolute atomic E-state index is 10.9. The largest absolute Gasteiger partial charge is 0.480 e. The van der Waals surface area contributed by atoms with E-state index in [0.29, 0.717) is 0 Å². The van der Waals surface area contributed by atoms with E-state index in [4.69, 9.17) is 5.11 Å². The predicted molar refractivity (Wildman–Crippen MR) is 51.7 cm³/mol. The summed E-state index contributed by atoms with van der Waals surface area (Å²) in [5, 5.41) is 9.00. The fourth-order valence-corrected chi connectivity index (χ4v) is 1.41. The molecule has 0 bridgehead atoms. The first-order chi connectivity index (χ1) is 5.94. The Labute approximate surface area is 79.0 Å². The van der Waals surface area contributed by atoms with Crippen LogP contribution < -0.4 is 0 Å².